The third-order valence-corrected chi connectivity index (χ3v) is 6.07. The van der Waals surface area contributed by atoms with E-state index in [9.17, 15) is 9.59 Å². The lowest BCUT2D eigenvalue weighted by molar-refractivity contribution is -0.137. The molecule has 1 aliphatic heterocycles. The van der Waals surface area contributed by atoms with Crippen molar-refractivity contribution in [3.63, 3.8) is 0 Å². The van der Waals surface area contributed by atoms with E-state index in [-0.39, 0.29) is 11.3 Å². The molecule has 0 bridgehead atoms. The largest absolute Gasteiger partial charge is 0.338 e. The van der Waals surface area contributed by atoms with Crippen LogP contribution in [0.1, 0.15) is 39.9 Å². The van der Waals surface area contributed by atoms with Crippen molar-refractivity contribution in [2.24, 2.45) is 5.41 Å². The van der Waals surface area contributed by atoms with Crippen LogP contribution < -0.4 is 5.48 Å². The molecule has 1 spiro atoms. The summed E-state index contributed by atoms with van der Waals surface area (Å²) in [4.78, 5) is 26.7. The molecule has 6 heteroatoms. The van der Waals surface area contributed by atoms with Gasteiger partial charge in [0, 0.05) is 23.7 Å². The first kappa shape index (κ1) is 18.0. The fourth-order valence-electron chi connectivity index (χ4n) is 4.36. The zero-order valence-electron chi connectivity index (χ0n) is 14.9. The van der Waals surface area contributed by atoms with Gasteiger partial charge in [-0.05, 0) is 66.6 Å². The Balaban J connectivity index is 1.52. The highest BCUT2D eigenvalue weighted by Gasteiger charge is 2.47. The highest BCUT2D eigenvalue weighted by Crippen LogP contribution is 2.44. The predicted molar refractivity (Wildman–Crippen MR) is 102 cm³/mol. The Morgan fingerprint density at radius 2 is 2.04 bits per heavy atom. The van der Waals surface area contributed by atoms with E-state index in [4.69, 9.17) is 16.8 Å². The van der Waals surface area contributed by atoms with Crippen molar-refractivity contribution in [1.29, 1.82) is 0 Å². The summed E-state index contributed by atoms with van der Waals surface area (Å²) < 4.78 is 0. The number of carbonyl (C=O) groups excluding carboxylic acids is 2. The van der Waals surface area contributed by atoms with Gasteiger partial charge in [0.15, 0.2) is 0 Å². The van der Waals surface area contributed by atoms with Crippen LogP contribution in [0.3, 0.4) is 0 Å². The molecule has 5 nitrogen and oxygen atoms in total. The Hall–Kier alpha value is -2.37. The standard InChI is InChI=1S/C21H21ClN2O3/c22-18-3-1-2-14(10-18)13-24-9-8-21(20(24)26)7-6-15-11-16(19(25)23-27)4-5-17(15)12-21/h1-5,10-11,27H,6-9,12-13H2,(H,23,25)/t21-/m0/s1. The van der Waals surface area contributed by atoms with Crippen LogP contribution in [-0.2, 0) is 24.2 Å². The lowest BCUT2D eigenvalue weighted by Crippen LogP contribution is -2.38. The summed E-state index contributed by atoms with van der Waals surface area (Å²) in [5.41, 5.74) is 5.01. The van der Waals surface area contributed by atoms with Gasteiger partial charge in [0.05, 0.1) is 5.41 Å². The van der Waals surface area contributed by atoms with Gasteiger partial charge in [-0.2, -0.15) is 0 Å². The van der Waals surface area contributed by atoms with Crippen molar-refractivity contribution in [2.75, 3.05) is 6.54 Å². The first-order valence-corrected chi connectivity index (χ1v) is 9.49. The van der Waals surface area contributed by atoms with Crippen LogP contribution >= 0.6 is 11.6 Å². The van der Waals surface area contributed by atoms with Crippen LogP contribution in [0, 0.1) is 5.41 Å². The van der Waals surface area contributed by atoms with E-state index in [1.54, 1.807) is 11.5 Å². The molecule has 140 valence electrons. The lowest BCUT2D eigenvalue weighted by Gasteiger charge is -2.33. The van der Waals surface area contributed by atoms with Gasteiger partial charge >= 0.3 is 0 Å². The highest BCUT2D eigenvalue weighted by atomic mass is 35.5. The molecule has 27 heavy (non-hydrogen) atoms. The zero-order chi connectivity index (χ0) is 19.0. The predicted octanol–water partition coefficient (Wildman–Crippen LogP) is 3.37. The number of benzene rings is 2. The van der Waals surface area contributed by atoms with Crippen molar-refractivity contribution in [2.45, 2.75) is 32.2 Å². The zero-order valence-corrected chi connectivity index (χ0v) is 15.6. The fourth-order valence-corrected chi connectivity index (χ4v) is 4.57. The van der Waals surface area contributed by atoms with Crippen LogP contribution in [0.4, 0.5) is 0 Å². The Morgan fingerprint density at radius 3 is 2.81 bits per heavy atom. The summed E-state index contributed by atoms with van der Waals surface area (Å²) in [6.07, 6.45) is 3.10. The van der Waals surface area contributed by atoms with Crippen molar-refractivity contribution < 1.29 is 14.8 Å². The Kier molecular flexibility index (Phi) is 4.66. The molecule has 2 amide bonds. The number of nitrogens with zero attached hydrogens (tertiary/aromatic N) is 1. The van der Waals surface area contributed by atoms with Crippen LogP contribution in [-0.4, -0.2) is 28.5 Å². The Bertz CT molecular complexity index is 914. The van der Waals surface area contributed by atoms with E-state index in [1.807, 2.05) is 41.3 Å². The normalized spacial score (nSPS) is 21.4. The minimum absolute atomic E-state index is 0.213. The molecule has 0 unspecified atom stereocenters. The van der Waals surface area contributed by atoms with Crippen molar-refractivity contribution in [3.8, 4) is 0 Å². The summed E-state index contributed by atoms with van der Waals surface area (Å²) in [6, 6.07) is 13.1. The topological polar surface area (TPSA) is 69.6 Å². The first-order valence-electron chi connectivity index (χ1n) is 9.11. The number of rotatable bonds is 3. The van der Waals surface area contributed by atoms with Crippen LogP contribution in [0.5, 0.6) is 0 Å². The lowest BCUT2D eigenvalue weighted by atomic mass is 9.70. The molecule has 1 saturated heterocycles. The quantitative estimate of drug-likeness (QED) is 0.629. The summed E-state index contributed by atoms with van der Waals surface area (Å²) >= 11 is 6.06. The summed E-state index contributed by atoms with van der Waals surface area (Å²) in [6.45, 7) is 1.34. The second-order valence-electron chi connectivity index (χ2n) is 7.49. The van der Waals surface area contributed by atoms with Gasteiger partial charge in [-0.1, -0.05) is 29.8 Å². The summed E-state index contributed by atoms with van der Waals surface area (Å²) in [7, 11) is 0. The SMILES string of the molecule is O=C(NO)c1ccc2c(c1)CC[C@]1(CCN(Cc3cccc(Cl)c3)C1=O)C2. The number of carbonyl (C=O) groups is 2. The van der Waals surface area contributed by atoms with E-state index >= 15 is 0 Å². The number of likely N-dealkylation sites (tertiary alicyclic amines) is 1. The maximum absolute atomic E-state index is 13.2. The molecule has 1 fully saturated rings. The number of halogens is 1. The number of fused-ring (bicyclic) bond motifs is 1. The fraction of sp³-hybridized carbons (Fsp3) is 0.333. The van der Waals surface area contributed by atoms with Crippen LogP contribution in [0.2, 0.25) is 5.02 Å². The first-order chi connectivity index (χ1) is 13.0. The van der Waals surface area contributed by atoms with Gasteiger partial charge in [0.1, 0.15) is 0 Å². The molecule has 2 N–H and O–H groups in total. The van der Waals surface area contributed by atoms with Crippen LogP contribution in [0.15, 0.2) is 42.5 Å². The number of nitrogens with one attached hydrogen (secondary N) is 1. The molecular weight excluding hydrogens is 364 g/mol. The molecule has 2 aliphatic rings. The maximum Gasteiger partial charge on any atom is 0.274 e. The van der Waals surface area contributed by atoms with E-state index < -0.39 is 5.91 Å². The Labute approximate surface area is 162 Å². The van der Waals surface area contributed by atoms with Gasteiger partial charge in [-0.3, -0.25) is 14.8 Å². The van der Waals surface area contributed by atoms with Crippen LogP contribution in [0.25, 0.3) is 0 Å². The van der Waals surface area contributed by atoms with E-state index in [1.165, 1.54) is 0 Å². The molecule has 2 aromatic carbocycles. The molecule has 0 saturated carbocycles. The molecule has 1 aliphatic carbocycles. The molecule has 2 aromatic rings. The van der Waals surface area contributed by atoms with E-state index in [0.717, 1.165) is 42.5 Å². The minimum atomic E-state index is -0.511. The van der Waals surface area contributed by atoms with E-state index in [2.05, 4.69) is 0 Å². The average molecular weight is 385 g/mol. The monoisotopic (exact) mass is 384 g/mol. The number of amides is 2. The minimum Gasteiger partial charge on any atom is -0.338 e. The molecule has 1 atom stereocenters. The molecule has 4 rings (SSSR count). The second kappa shape index (κ2) is 6.98. The highest BCUT2D eigenvalue weighted by molar-refractivity contribution is 6.30. The number of aryl methyl sites for hydroxylation is 1. The average Bonchev–Trinajstić information content (AvgIpc) is 2.96. The van der Waals surface area contributed by atoms with Gasteiger partial charge in [0.25, 0.3) is 5.91 Å². The van der Waals surface area contributed by atoms with Gasteiger partial charge < -0.3 is 4.90 Å². The molecule has 1 heterocycles. The summed E-state index contributed by atoms with van der Waals surface area (Å²) in [5, 5.41) is 9.49. The smallest absolute Gasteiger partial charge is 0.274 e. The molecular formula is C21H21ClN2O3. The third kappa shape index (κ3) is 3.33. The Morgan fingerprint density at radius 1 is 1.19 bits per heavy atom. The van der Waals surface area contributed by atoms with Crippen molar-refractivity contribution in [3.05, 3.63) is 69.7 Å². The second-order valence-corrected chi connectivity index (χ2v) is 7.92. The van der Waals surface area contributed by atoms with Crippen molar-refractivity contribution in [1.82, 2.24) is 10.4 Å². The molecule has 0 radical (unpaired) electrons. The van der Waals surface area contributed by atoms with Gasteiger partial charge in [-0.15, -0.1) is 0 Å². The number of hydroxylamine groups is 1. The number of hydrogen-bond acceptors (Lipinski definition) is 3. The summed E-state index contributed by atoms with van der Waals surface area (Å²) in [5.74, 6) is -0.298. The molecule has 0 aromatic heterocycles. The van der Waals surface area contributed by atoms with Crippen molar-refractivity contribution >= 4 is 23.4 Å². The van der Waals surface area contributed by atoms with Gasteiger partial charge in [-0.25, -0.2) is 5.48 Å². The third-order valence-electron chi connectivity index (χ3n) is 5.84. The number of hydrogen-bond donors (Lipinski definition) is 2. The maximum atomic E-state index is 13.2. The van der Waals surface area contributed by atoms with E-state index in [0.29, 0.717) is 23.6 Å². The van der Waals surface area contributed by atoms with Gasteiger partial charge in [0.2, 0.25) is 5.91 Å².